The summed E-state index contributed by atoms with van der Waals surface area (Å²) in [5, 5.41) is 0. The van der Waals surface area contributed by atoms with Gasteiger partial charge < -0.3 is 15.4 Å². The molecule has 1 fully saturated rings. The molecule has 1 rings (SSSR count). The molecule has 0 radical (unpaired) electrons. The van der Waals surface area contributed by atoms with E-state index in [0.717, 1.165) is 13.1 Å². The average Bonchev–Trinajstić information content (AvgIpc) is 2.19. The lowest BCUT2D eigenvalue weighted by Crippen LogP contribution is -2.45. The van der Waals surface area contributed by atoms with E-state index in [0.29, 0.717) is 13.2 Å². The van der Waals surface area contributed by atoms with E-state index >= 15 is 0 Å². The second kappa shape index (κ2) is 5.98. The molecule has 0 aliphatic carbocycles. The molecular formula is C10H20N2O2. The predicted octanol–water partition coefficient (Wildman–Crippen LogP) is 0.363. The monoisotopic (exact) mass is 200 g/mol. The second-order valence-electron chi connectivity index (χ2n) is 3.72. The highest BCUT2D eigenvalue weighted by atomic mass is 16.5. The SMILES string of the molecule is CCOC(=O)C(N)CN1CCCCC1. The lowest BCUT2D eigenvalue weighted by atomic mass is 10.1. The van der Waals surface area contributed by atoms with Gasteiger partial charge in [-0.3, -0.25) is 4.79 Å². The van der Waals surface area contributed by atoms with Crippen LogP contribution in [0.4, 0.5) is 0 Å². The van der Waals surface area contributed by atoms with Crippen LogP contribution in [0.3, 0.4) is 0 Å². The van der Waals surface area contributed by atoms with Crippen LogP contribution in [0.25, 0.3) is 0 Å². The Balaban J connectivity index is 2.24. The topological polar surface area (TPSA) is 55.6 Å². The van der Waals surface area contributed by atoms with E-state index in [1.807, 2.05) is 0 Å². The van der Waals surface area contributed by atoms with Crippen molar-refractivity contribution in [2.45, 2.75) is 32.2 Å². The summed E-state index contributed by atoms with van der Waals surface area (Å²) in [5.74, 6) is -0.280. The van der Waals surface area contributed by atoms with Crippen LogP contribution < -0.4 is 5.73 Å². The van der Waals surface area contributed by atoms with Gasteiger partial charge in [-0.05, 0) is 32.9 Å². The van der Waals surface area contributed by atoms with Crippen LogP contribution in [0.2, 0.25) is 0 Å². The molecule has 0 bridgehead atoms. The number of nitrogens with zero attached hydrogens (tertiary/aromatic N) is 1. The summed E-state index contributed by atoms with van der Waals surface area (Å²) >= 11 is 0. The zero-order valence-corrected chi connectivity index (χ0v) is 8.87. The number of piperidine rings is 1. The van der Waals surface area contributed by atoms with Crippen LogP contribution in [0, 0.1) is 0 Å². The average molecular weight is 200 g/mol. The molecule has 0 aromatic rings. The van der Waals surface area contributed by atoms with Crippen molar-refractivity contribution in [2.24, 2.45) is 5.73 Å². The van der Waals surface area contributed by atoms with Crippen LogP contribution in [0.5, 0.6) is 0 Å². The smallest absolute Gasteiger partial charge is 0.324 e. The van der Waals surface area contributed by atoms with E-state index in [1.165, 1.54) is 19.3 Å². The zero-order chi connectivity index (χ0) is 10.4. The number of likely N-dealkylation sites (tertiary alicyclic amines) is 1. The maximum atomic E-state index is 11.2. The zero-order valence-electron chi connectivity index (χ0n) is 8.87. The second-order valence-corrected chi connectivity index (χ2v) is 3.72. The predicted molar refractivity (Wildman–Crippen MR) is 54.9 cm³/mol. The molecule has 4 heteroatoms. The third kappa shape index (κ3) is 3.64. The van der Waals surface area contributed by atoms with Gasteiger partial charge in [-0.15, -0.1) is 0 Å². The number of rotatable bonds is 4. The normalized spacial score (nSPS) is 20.4. The molecule has 0 saturated carbocycles. The summed E-state index contributed by atoms with van der Waals surface area (Å²) in [6, 6.07) is -0.479. The summed E-state index contributed by atoms with van der Waals surface area (Å²) in [7, 11) is 0. The summed E-state index contributed by atoms with van der Waals surface area (Å²) < 4.78 is 4.85. The number of nitrogens with two attached hydrogens (primary N) is 1. The van der Waals surface area contributed by atoms with Crippen molar-refractivity contribution < 1.29 is 9.53 Å². The number of ether oxygens (including phenoxy) is 1. The molecule has 1 saturated heterocycles. The van der Waals surface area contributed by atoms with Gasteiger partial charge in [-0.1, -0.05) is 6.42 Å². The maximum Gasteiger partial charge on any atom is 0.324 e. The molecule has 82 valence electrons. The minimum Gasteiger partial charge on any atom is -0.465 e. The van der Waals surface area contributed by atoms with E-state index in [9.17, 15) is 4.79 Å². The number of hydrogen-bond acceptors (Lipinski definition) is 4. The molecule has 14 heavy (non-hydrogen) atoms. The van der Waals surface area contributed by atoms with Gasteiger partial charge in [-0.2, -0.15) is 0 Å². The van der Waals surface area contributed by atoms with E-state index in [1.54, 1.807) is 6.92 Å². The van der Waals surface area contributed by atoms with E-state index in [2.05, 4.69) is 4.90 Å². The number of carbonyl (C=O) groups excluding carboxylic acids is 1. The lowest BCUT2D eigenvalue weighted by molar-refractivity contribution is -0.145. The van der Waals surface area contributed by atoms with Crippen molar-refractivity contribution in [1.82, 2.24) is 4.90 Å². The van der Waals surface area contributed by atoms with E-state index in [4.69, 9.17) is 10.5 Å². The quantitative estimate of drug-likeness (QED) is 0.666. The Morgan fingerprint density at radius 1 is 1.43 bits per heavy atom. The molecule has 0 spiro atoms. The Hall–Kier alpha value is -0.610. The maximum absolute atomic E-state index is 11.2. The standard InChI is InChI=1S/C10H20N2O2/c1-2-14-10(13)9(11)8-12-6-4-3-5-7-12/h9H,2-8,11H2,1H3. The minimum absolute atomic E-state index is 0.280. The Bertz CT molecular complexity index is 179. The number of carbonyl (C=O) groups is 1. The summed E-state index contributed by atoms with van der Waals surface area (Å²) in [6.07, 6.45) is 3.73. The van der Waals surface area contributed by atoms with Gasteiger partial charge in [-0.25, -0.2) is 0 Å². The largest absolute Gasteiger partial charge is 0.465 e. The molecular weight excluding hydrogens is 180 g/mol. The molecule has 0 aromatic heterocycles. The van der Waals surface area contributed by atoms with Gasteiger partial charge in [0.1, 0.15) is 6.04 Å². The fraction of sp³-hybridized carbons (Fsp3) is 0.900. The molecule has 1 aliphatic heterocycles. The Morgan fingerprint density at radius 2 is 2.07 bits per heavy atom. The summed E-state index contributed by atoms with van der Waals surface area (Å²) in [6.45, 7) is 4.97. The van der Waals surface area contributed by atoms with Crippen molar-refractivity contribution >= 4 is 5.97 Å². The first-order valence-electron chi connectivity index (χ1n) is 5.38. The number of esters is 1. The van der Waals surface area contributed by atoms with Gasteiger partial charge in [0, 0.05) is 6.54 Å². The van der Waals surface area contributed by atoms with Crippen molar-refractivity contribution in [3.8, 4) is 0 Å². The molecule has 4 nitrogen and oxygen atoms in total. The van der Waals surface area contributed by atoms with E-state index in [-0.39, 0.29) is 5.97 Å². The molecule has 0 aromatic carbocycles. The van der Waals surface area contributed by atoms with Gasteiger partial charge in [0.15, 0.2) is 0 Å². The van der Waals surface area contributed by atoms with Gasteiger partial charge in [0.2, 0.25) is 0 Å². The first-order chi connectivity index (χ1) is 6.74. The first-order valence-corrected chi connectivity index (χ1v) is 5.38. The van der Waals surface area contributed by atoms with E-state index < -0.39 is 6.04 Å². The summed E-state index contributed by atoms with van der Waals surface area (Å²) in [5.41, 5.74) is 5.72. The van der Waals surface area contributed by atoms with Crippen molar-refractivity contribution in [3.63, 3.8) is 0 Å². The fourth-order valence-corrected chi connectivity index (χ4v) is 1.74. The van der Waals surface area contributed by atoms with Crippen LogP contribution >= 0.6 is 0 Å². The molecule has 1 atom stereocenters. The number of hydrogen-bond donors (Lipinski definition) is 1. The van der Waals surface area contributed by atoms with Gasteiger partial charge in [0.05, 0.1) is 6.61 Å². The van der Waals surface area contributed by atoms with Crippen LogP contribution in [0.15, 0.2) is 0 Å². The van der Waals surface area contributed by atoms with Gasteiger partial charge >= 0.3 is 5.97 Å². The first kappa shape index (κ1) is 11.5. The van der Waals surface area contributed by atoms with Crippen molar-refractivity contribution in [3.05, 3.63) is 0 Å². The molecule has 1 heterocycles. The Labute approximate surface area is 85.4 Å². The van der Waals surface area contributed by atoms with Crippen molar-refractivity contribution in [2.75, 3.05) is 26.2 Å². The van der Waals surface area contributed by atoms with Crippen LogP contribution in [-0.4, -0.2) is 43.2 Å². The minimum atomic E-state index is -0.479. The van der Waals surface area contributed by atoms with Crippen molar-refractivity contribution in [1.29, 1.82) is 0 Å². The molecule has 1 unspecified atom stereocenters. The molecule has 0 amide bonds. The third-order valence-corrected chi connectivity index (χ3v) is 2.49. The summed E-state index contributed by atoms with van der Waals surface area (Å²) in [4.78, 5) is 13.5. The fourth-order valence-electron chi connectivity index (χ4n) is 1.74. The Kier molecular flexibility index (Phi) is 4.90. The highest BCUT2D eigenvalue weighted by Gasteiger charge is 2.19. The van der Waals surface area contributed by atoms with Gasteiger partial charge in [0.25, 0.3) is 0 Å². The molecule has 1 aliphatic rings. The van der Waals surface area contributed by atoms with Crippen LogP contribution in [0.1, 0.15) is 26.2 Å². The lowest BCUT2D eigenvalue weighted by Gasteiger charge is -2.28. The Morgan fingerprint density at radius 3 is 2.64 bits per heavy atom. The van der Waals surface area contributed by atoms with Crippen LogP contribution in [-0.2, 0) is 9.53 Å². The molecule has 2 N–H and O–H groups in total. The third-order valence-electron chi connectivity index (χ3n) is 2.49. The highest BCUT2D eigenvalue weighted by Crippen LogP contribution is 2.08. The highest BCUT2D eigenvalue weighted by molar-refractivity contribution is 5.75.